The topological polar surface area (TPSA) is 89.1 Å². The molecular formula is C11H8N2O4. The monoisotopic (exact) mass is 232 g/mol. The summed E-state index contributed by atoms with van der Waals surface area (Å²) >= 11 is 0. The molecule has 0 atom stereocenters. The Bertz CT molecular complexity index is 624. The van der Waals surface area contributed by atoms with Gasteiger partial charge in [0.2, 0.25) is 5.56 Å². The van der Waals surface area contributed by atoms with Crippen LogP contribution in [0.1, 0.15) is 11.5 Å². The van der Waals surface area contributed by atoms with Crippen molar-refractivity contribution in [1.29, 1.82) is 0 Å². The van der Waals surface area contributed by atoms with Gasteiger partial charge < -0.3 is 9.40 Å². The number of H-pyrrole nitrogens is 1. The van der Waals surface area contributed by atoms with E-state index in [2.05, 4.69) is 4.98 Å². The van der Waals surface area contributed by atoms with Gasteiger partial charge >= 0.3 is 5.88 Å². The fourth-order valence-electron chi connectivity index (χ4n) is 1.26. The van der Waals surface area contributed by atoms with Crippen molar-refractivity contribution in [3.63, 3.8) is 0 Å². The van der Waals surface area contributed by atoms with Crippen molar-refractivity contribution >= 4 is 18.0 Å². The van der Waals surface area contributed by atoms with Gasteiger partial charge in [0, 0.05) is 11.8 Å². The lowest BCUT2D eigenvalue weighted by atomic mass is 10.3. The third kappa shape index (κ3) is 2.69. The molecule has 0 amide bonds. The Morgan fingerprint density at radius 2 is 2.06 bits per heavy atom. The standard InChI is InChI=1S/C11H8N2O4/c14-10-3-1-2-8(12-10)4-5-9-6-7-11(17-9)13(15)16/h1-7H,(H,12,14). The van der Waals surface area contributed by atoms with E-state index >= 15 is 0 Å². The summed E-state index contributed by atoms with van der Waals surface area (Å²) in [6.45, 7) is 0. The van der Waals surface area contributed by atoms with Gasteiger partial charge in [-0.15, -0.1) is 0 Å². The van der Waals surface area contributed by atoms with Gasteiger partial charge in [-0.1, -0.05) is 6.07 Å². The fourth-order valence-corrected chi connectivity index (χ4v) is 1.26. The molecule has 6 heteroatoms. The van der Waals surface area contributed by atoms with Crippen LogP contribution in [0.3, 0.4) is 0 Å². The Morgan fingerprint density at radius 3 is 2.71 bits per heavy atom. The zero-order valence-electron chi connectivity index (χ0n) is 8.62. The van der Waals surface area contributed by atoms with E-state index < -0.39 is 4.92 Å². The van der Waals surface area contributed by atoms with Gasteiger partial charge in [-0.25, -0.2) is 0 Å². The lowest BCUT2D eigenvalue weighted by Gasteiger charge is -1.90. The lowest BCUT2D eigenvalue weighted by Crippen LogP contribution is -2.03. The van der Waals surface area contributed by atoms with Gasteiger partial charge in [-0.3, -0.25) is 14.9 Å². The van der Waals surface area contributed by atoms with Crippen LogP contribution in [0.4, 0.5) is 5.88 Å². The molecule has 2 aromatic heterocycles. The normalized spacial score (nSPS) is 10.8. The maximum Gasteiger partial charge on any atom is 0.433 e. The summed E-state index contributed by atoms with van der Waals surface area (Å²) in [5.41, 5.74) is 0.383. The van der Waals surface area contributed by atoms with Gasteiger partial charge in [-0.2, -0.15) is 0 Å². The van der Waals surface area contributed by atoms with Gasteiger partial charge in [0.25, 0.3) is 0 Å². The first-order valence-electron chi connectivity index (χ1n) is 4.77. The number of aromatic nitrogens is 1. The Labute approximate surface area is 95.4 Å². The molecule has 0 bridgehead atoms. The number of aromatic amines is 1. The zero-order chi connectivity index (χ0) is 12.3. The molecule has 0 saturated heterocycles. The fraction of sp³-hybridized carbons (Fsp3) is 0. The van der Waals surface area contributed by atoms with Crippen molar-refractivity contribution in [2.24, 2.45) is 0 Å². The van der Waals surface area contributed by atoms with E-state index in [4.69, 9.17) is 4.42 Å². The van der Waals surface area contributed by atoms with E-state index in [0.717, 1.165) is 0 Å². The second kappa shape index (κ2) is 4.48. The Hall–Kier alpha value is -2.63. The van der Waals surface area contributed by atoms with Gasteiger partial charge in [0.1, 0.15) is 10.7 Å². The summed E-state index contributed by atoms with van der Waals surface area (Å²) in [4.78, 5) is 23.3. The molecule has 0 aliphatic rings. The predicted octanol–water partition coefficient (Wildman–Crippen LogP) is 2.05. The maximum absolute atomic E-state index is 11.0. The highest BCUT2D eigenvalue weighted by Gasteiger charge is 2.09. The molecule has 0 aliphatic heterocycles. The average molecular weight is 232 g/mol. The summed E-state index contributed by atoms with van der Waals surface area (Å²) in [7, 11) is 0. The first kappa shape index (κ1) is 10.9. The molecule has 0 radical (unpaired) electrons. The van der Waals surface area contributed by atoms with Gasteiger partial charge in [0.05, 0.1) is 6.07 Å². The Kier molecular flexibility index (Phi) is 2.87. The van der Waals surface area contributed by atoms with E-state index in [1.54, 1.807) is 18.2 Å². The second-order valence-electron chi connectivity index (χ2n) is 3.24. The molecular weight excluding hydrogens is 224 g/mol. The summed E-state index contributed by atoms with van der Waals surface area (Å²) < 4.78 is 4.92. The van der Waals surface area contributed by atoms with Crippen molar-refractivity contribution in [3.05, 3.63) is 62.3 Å². The lowest BCUT2D eigenvalue weighted by molar-refractivity contribution is -0.402. The highest BCUT2D eigenvalue weighted by atomic mass is 16.6. The number of pyridine rings is 1. The summed E-state index contributed by atoms with van der Waals surface area (Å²) in [6.07, 6.45) is 3.14. The minimum Gasteiger partial charge on any atom is -0.401 e. The first-order valence-corrected chi connectivity index (χ1v) is 4.77. The van der Waals surface area contributed by atoms with Crippen molar-refractivity contribution in [1.82, 2.24) is 4.98 Å². The number of nitro groups is 1. The first-order chi connectivity index (χ1) is 8.15. The van der Waals surface area contributed by atoms with Crippen LogP contribution in [0.2, 0.25) is 0 Å². The smallest absolute Gasteiger partial charge is 0.401 e. The Balaban J connectivity index is 2.20. The highest BCUT2D eigenvalue weighted by Crippen LogP contribution is 2.17. The Morgan fingerprint density at radius 1 is 1.24 bits per heavy atom. The van der Waals surface area contributed by atoms with Crippen LogP contribution in [0.15, 0.2) is 39.5 Å². The van der Waals surface area contributed by atoms with E-state index in [0.29, 0.717) is 11.5 Å². The number of nitrogens with zero attached hydrogens (tertiary/aromatic N) is 1. The van der Waals surface area contributed by atoms with Crippen LogP contribution in [-0.2, 0) is 0 Å². The van der Waals surface area contributed by atoms with Crippen LogP contribution in [0.5, 0.6) is 0 Å². The van der Waals surface area contributed by atoms with Crippen molar-refractivity contribution in [2.75, 3.05) is 0 Å². The average Bonchev–Trinajstić information content (AvgIpc) is 2.75. The van der Waals surface area contributed by atoms with Crippen molar-refractivity contribution < 1.29 is 9.34 Å². The molecule has 6 nitrogen and oxygen atoms in total. The second-order valence-corrected chi connectivity index (χ2v) is 3.24. The van der Waals surface area contributed by atoms with Crippen LogP contribution in [0.25, 0.3) is 12.2 Å². The molecule has 17 heavy (non-hydrogen) atoms. The minimum atomic E-state index is -0.609. The van der Waals surface area contributed by atoms with Gasteiger partial charge in [-0.05, 0) is 24.3 Å². The highest BCUT2D eigenvalue weighted by molar-refractivity contribution is 5.65. The summed E-state index contributed by atoms with van der Waals surface area (Å²) in [5.74, 6) is 0.0348. The molecule has 0 aromatic carbocycles. The van der Waals surface area contributed by atoms with E-state index in [1.165, 1.54) is 24.3 Å². The van der Waals surface area contributed by atoms with E-state index in [-0.39, 0.29) is 11.4 Å². The number of hydrogen-bond acceptors (Lipinski definition) is 4. The molecule has 0 saturated carbocycles. The molecule has 2 rings (SSSR count). The molecule has 1 N–H and O–H groups in total. The van der Waals surface area contributed by atoms with E-state index in [1.807, 2.05) is 0 Å². The number of nitrogens with one attached hydrogen (secondary N) is 1. The maximum atomic E-state index is 11.0. The number of furan rings is 1. The van der Waals surface area contributed by atoms with Crippen LogP contribution in [-0.4, -0.2) is 9.91 Å². The molecule has 2 heterocycles. The molecule has 0 aliphatic carbocycles. The van der Waals surface area contributed by atoms with Gasteiger partial charge in [0.15, 0.2) is 0 Å². The van der Waals surface area contributed by atoms with E-state index in [9.17, 15) is 14.9 Å². The summed E-state index contributed by atoms with van der Waals surface area (Å²) in [6, 6.07) is 7.47. The largest absolute Gasteiger partial charge is 0.433 e. The van der Waals surface area contributed by atoms with Crippen molar-refractivity contribution in [3.8, 4) is 0 Å². The minimum absolute atomic E-state index is 0.211. The third-order valence-electron chi connectivity index (χ3n) is 2.01. The molecule has 0 spiro atoms. The van der Waals surface area contributed by atoms with Crippen LogP contribution in [0, 0.1) is 10.1 Å². The summed E-state index contributed by atoms with van der Waals surface area (Å²) in [5, 5.41) is 10.4. The van der Waals surface area contributed by atoms with Crippen molar-refractivity contribution in [2.45, 2.75) is 0 Å². The molecule has 0 unspecified atom stereocenters. The molecule has 86 valence electrons. The molecule has 0 fully saturated rings. The van der Waals surface area contributed by atoms with Crippen LogP contribution >= 0.6 is 0 Å². The predicted molar refractivity (Wildman–Crippen MR) is 61.4 cm³/mol. The molecule has 2 aromatic rings. The number of hydrogen-bond donors (Lipinski definition) is 1. The number of rotatable bonds is 3. The van der Waals surface area contributed by atoms with Crippen LogP contribution < -0.4 is 5.56 Å². The third-order valence-corrected chi connectivity index (χ3v) is 2.01. The quantitative estimate of drug-likeness (QED) is 0.647. The SMILES string of the molecule is O=c1cccc(C=Cc2ccc([N+](=O)[O-])o2)[nH]1. The zero-order valence-corrected chi connectivity index (χ0v) is 8.62.